The molecule has 12 rings (SSSR count). The normalized spacial score (nSPS) is 11.8. The van der Waals surface area contributed by atoms with Crippen LogP contribution in [0.4, 0.5) is 17.1 Å². The minimum atomic E-state index is 0.863. The summed E-state index contributed by atoms with van der Waals surface area (Å²) in [5.41, 5.74) is 12.9. The van der Waals surface area contributed by atoms with Gasteiger partial charge in [0, 0.05) is 59.0 Å². The SMILES string of the molecule is c1ccc(-c2ccc3c(c2)oc2c(-c4ccccc4)ccc(N(c4ccc(-n5c6ccccc6c6ccccc65)cc4)c4ccc5sc6ccccc6c5c4)c23)cc1. The predicted molar refractivity (Wildman–Crippen MR) is 247 cm³/mol. The van der Waals surface area contributed by atoms with Crippen LogP contribution in [-0.2, 0) is 0 Å². The molecule has 0 unspecified atom stereocenters. The molecule has 4 heteroatoms. The zero-order valence-corrected chi connectivity index (χ0v) is 32.2. The van der Waals surface area contributed by atoms with Gasteiger partial charge in [0.1, 0.15) is 11.2 Å². The average Bonchev–Trinajstić information content (AvgIpc) is 3.97. The van der Waals surface area contributed by atoms with Crippen molar-refractivity contribution in [3.63, 3.8) is 0 Å². The summed E-state index contributed by atoms with van der Waals surface area (Å²) >= 11 is 1.84. The number of rotatable bonds is 6. The van der Waals surface area contributed by atoms with Crippen molar-refractivity contribution in [1.29, 1.82) is 0 Å². The molecule has 0 saturated carbocycles. The van der Waals surface area contributed by atoms with Gasteiger partial charge >= 0.3 is 0 Å². The fraction of sp³-hybridized carbons (Fsp3) is 0. The van der Waals surface area contributed by atoms with E-state index in [0.717, 1.165) is 66.9 Å². The summed E-state index contributed by atoms with van der Waals surface area (Å²) < 4.78 is 11.9. The second-order valence-electron chi connectivity index (χ2n) is 14.9. The van der Waals surface area contributed by atoms with Gasteiger partial charge in [-0.1, -0.05) is 121 Å². The first-order valence-corrected chi connectivity index (χ1v) is 20.5. The average molecular weight is 759 g/mol. The van der Waals surface area contributed by atoms with Crippen LogP contribution in [0.5, 0.6) is 0 Å². The summed E-state index contributed by atoms with van der Waals surface area (Å²) in [6.45, 7) is 0. The molecule has 0 spiro atoms. The Kier molecular flexibility index (Phi) is 7.40. The number of anilines is 3. The lowest BCUT2D eigenvalue weighted by Gasteiger charge is -2.27. The van der Waals surface area contributed by atoms with Crippen LogP contribution in [0.3, 0.4) is 0 Å². The molecule has 3 heterocycles. The van der Waals surface area contributed by atoms with Crippen molar-refractivity contribution in [2.45, 2.75) is 0 Å². The maximum Gasteiger partial charge on any atom is 0.145 e. The Morgan fingerprint density at radius 2 is 1.03 bits per heavy atom. The molecule has 0 aliphatic carbocycles. The highest BCUT2D eigenvalue weighted by molar-refractivity contribution is 7.25. The molecule has 0 aliphatic heterocycles. The molecule has 3 nitrogen and oxygen atoms in total. The van der Waals surface area contributed by atoms with Crippen molar-refractivity contribution in [2.24, 2.45) is 0 Å². The van der Waals surface area contributed by atoms with E-state index in [1.54, 1.807) is 0 Å². The number of furan rings is 1. The number of para-hydroxylation sites is 2. The number of aromatic nitrogens is 1. The first kappa shape index (κ1) is 32.8. The second kappa shape index (κ2) is 13.1. The molecule has 12 aromatic rings. The highest BCUT2D eigenvalue weighted by Gasteiger charge is 2.24. The largest absolute Gasteiger partial charge is 0.455 e. The number of fused-ring (bicyclic) bond motifs is 9. The van der Waals surface area contributed by atoms with Gasteiger partial charge < -0.3 is 13.9 Å². The monoisotopic (exact) mass is 758 g/mol. The van der Waals surface area contributed by atoms with Gasteiger partial charge in [0.05, 0.1) is 22.1 Å². The molecular weight excluding hydrogens is 725 g/mol. The Morgan fingerprint density at radius 3 is 1.78 bits per heavy atom. The van der Waals surface area contributed by atoms with E-state index in [0.29, 0.717) is 0 Å². The maximum atomic E-state index is 7.00. The zero-order chi connectivity index (χ0) is 38.2. The van der Waals surface area contributed by atoms with Crippen LogP contribution in [0.25, 0.3) is 91.9 Å². The lowest BCUT2D eigenvalue weighted by atomic mass is 9.98. The fourth-order valence-electron chi connectivity index (χ4n) is 8.94. The van der Waals surface area contributed by atoms with E-state index >= 15 is 0 Å². The highest BCUT2D eigenvalue weighted by atomic mass is 32.1. The topological polar surface area (TPSA) is 21.3 Å². The van der Waals surface area contributed by atoms with Crippen molar-refractivity contribution in [2.75, 3.05) is 4.90 Å². The first-order valence-electron chi connectivity index (χ1n) is 19.7. The molecule has 0 amide bonds. The van der Waals surface area contributed by atoms with Crippen molar-refractivity contribution >= 4 is 92.3 Å². The first-order chi connectivity index (χ1) is 28.8. The number of hydrogen-bond donors (Lipinski definition) is 0. The van der Waals surface area contributed by atoms with Crippen molar-refractivity contribution < 1.29 is 4.42 Å². The van der Waals surface area contributed by atoms with Crippen LogP contribution in [0.1, 0.15) is 0 Å². The van der Waals surface area contributed by atoms with E-state index < -0.39 is 0 Å². The lowest BCUT2D eigenvalue weighted by molar-refractivity contribution is 0.670. The predicted octanol–water partition coefficient (Wildman–Crippen LogP) is 15.9. The lowest BCUT2D eigenvalue weighted by Crippen LogP contribution is -2.10. The zero-order valence-electron chi connectivity index (χ0n) is 31.3. The Balaban J connectivity index is 1.11. The summed E-state index contributed by atoms with van der Waals surface area (Å²) in [6, 6.07) is 74.3. The number of hydrogen-bond acceptors (Lipinski definition) is 3. The van der Waals surface area contributed by atoms with E-state index in [-0.39, 0.29) is 0 Å². The van der Waals surface area contributed by atoms with Crippen LogP contribution >= 0.6 is 11.3 Å². The van der Waals surface area contributed by atoms with Gasteiger partial charge in [-0.2, -0.15) is 0 Å². The van der Waals surface area contributed by atoms with E-state index in [2.05, 4.69) is 216 Å². The quantitative estimate of drug-likeness (QED) is 0.168. The van der Waals surface area contributed by atoms with Crippen molar-refractivity contribution in [3.05, 3.63) is 206 Å². The minimum Gasteiger partial charge on any atom is -0.455 e. The third-order valence-corrected chi connectivity index (χ3v) is 12.7. The summed E-state index contributed by atoms with van der Waals surface area (Å²) in [7, 11) is 0. The maximum absolute atomic E-state index is 7.00. The summed E-state index contributed by atoms with van der Waals surface area (Å²) in [5.74, 6) is 0. The standard InChI is InChI=1S/C54H34N2OS/c1-3-13-35(14-4-1)37-23-29-45-50(33-37)57-54-41(36-15-5-2-6-16-36)30-31-49(53(45)54)55(40-28-32-52-46(34-40)44-19-9-12-22-51(44)58-52)38-24-26-39(27-25-38)56-47-20-10-7-17-42(47)43-18-8-11-21-48(43)56/h1-34H. The third-order valence-electron chi connectivity index (χ3n) is 11.6. The van der Waals surface area contributed by atoms with Crippen LogP contribution in [-0.4, -0.2) is 4.57 Å². The molecule has 58 heavy (non-hydrogen) atoms. The summed E-state index contributed by atoms with van der Waals surface area (Å²) in [4.78, 5) is 2.42. The summed E-state index contributed by atoms with van der Waals surface area (Å²) in [5, 5.41) is 7.20. The minimum absolute atomic E-state index is 0.863. The third kappa shape index (κ3) is 5.12. The highest BCUT2D eigenvalue weighted by Crippen LogP contribution is 2.48. The Morgan fingerprint density at radius 1 is 0.414 bits per heavy atom. The van der Waals surface area contributed by atoms with Crippen LogP contribution < -0.4 is 4.90 Å². The van der Waals surface area contributed by atoms with Gasteiger partial charge in [-0.05, 0) is 102 Å². The van der Waals surface area contributed by atoms with Crippen molar-refractivity contribution in [3.8, 4) is 27.9 Å². The molecular formula is C54H34N2OS. The van der Waals surface area contributed by atoms with Gasteiger partial charge in [0.2, 0.25) is 0 Å². The fourth-order valence-corrected chi connectivity index (χ4v) is 10.0. The molecule has 0 radical (unpaired) electrons. The second-order valence-corrected chi connectivity index (χ2v) is 16.0. The van der Waals surface area contributed by atoms with E-state index in [1.165, 1.54) is 42.0 Å². The van der Waals surface area contributed by atoms with Crippen LogP contribution in [0.2, 0.25) is 0 Å². The summed E-state index contributed by atoms with van der Waals surface area (Å²) in [6.07, 6.45) is 0. The number of benzene rings is 9. The van der Waals surface area contributed by atoms with Gasteiger partial charge in [0.15, 0.2) is 0 Å². The van der Waals surface area contributed by atoms with Crippen LogP contribution in [0, 0.1) is 0 Å². The van der Waals surface area contributed by atoms with Gasteiger partial charge in [-0.15, -0.1) is 11.3 Å². The number of thiophene rings is 1. The van der Waals surface area contributed by atoms with Crippen molar-refractivity contribution in [1.82, 2.24) is 4.57 Å². The molecule has 0 N–H and O–H groups in total. The molecule has 0 fully saturated rings. The van der Waals surface area contributed by atoms with Crippen LogP contribution in [0.15, 0.2) is 211 Å². The molecule has 3 aromatic heterocycles. The molecule has 0 bridgehead atoms. The molecule has 0 aliphatic rings. The Hall–Kier alpha value is -7.40. The Bertz CT molecular complexity index is 3450. The van der Waals surface area contributed by atoms with E-state index in [4.69, 9.17) is 4.42 Å². The molecule has 9 aromatic carbocycles. The molecule has 272 valence electrons. The van der Waals surface area contributed by atoms with Gasteiger partial charge in [-0.25, -0.2) is 0 Å². The molecule has 0 atom stereocenters. The van der Waals surface area contributed by atoms with Gasteiger partial charge in [-0.3, -0.25) is 0 Å². The number of nitrogens with zero attached hydrogens (tertiary/aromatic N) is 2. The smallest absolute Gasteiger partial charge is 0.145 e. The Labute approximate surface area is 338 Å². The van der Waals surface area contributed by atoms with E-state index in [9.17, 15) is 0 Å². The molecule has 0 saturated heterocycles. The van der Waals surface area contributed by atoms with Gasteiger partial charge in [0.25, 0.3) is 0 Å². The van der Waals surface area contributed by atoms with E-state index in [1.807, 2.05) is 11.3 Å².